The van der Waals surface area contributed by atoms with Crippen LogP contribution >= 0.6 is 0 Å². The molecule has 2 heterocycles. The molecule has 0 saturated carbocycles. The number of nitrogens with zero attached hydrogens (tertiary/aromatic N) is 1. The van der Waals surface area contributed by atoms with Crippen LogP contribution in [-0.2, 0) is 21.0 Å². The van der Waals surface area contributed by atoms with Gasteiger partial charge < -0.3 is 14.5 Å². The topological polar surface area (TPSA) is 88.7 Å². The van der Waals surface area contributed by atoms with Crippen molar-refractivity contribution in [3.05, 3.63) is 59.3 Å². The summed E-state index contributed by atoms with van der Waals surface area (Å²) in [4.78, 5) is 18.1. The number of nitrogens with one attached hydrogen (secondary N) is 1. The highest BCUT2D eigenvalue weighted by Gasteiger charge is 2.35. The fourth-order valence-corrected chi connectivity index (χ4v) is 4.68. The van der Waals surface area contributed by atoms with Crippen LogP contribution in [0.25, 0.3) is 10.9 Å². The van der Waals surface area contributed by atoms with Crippen LogP contribution in [0.4, 0.5) is 4.79 Å². The average Bonchev–Trinajstić information content (AvgIpc) is 3.10. The summed E-state index contributed by atoms with van der Waals surface area (Å²) in [6.07, 6.45) is 1.43. The molecule has 0 radical (unpaired) electrons. The molecule has 3 aromatic rings. The largest absolute Gasteiger partial charge is 0.497 e. The second-order valence-corrected chi connectivity index (χ2v) is 9.33. The Kier molecular flexibility index (Phi) is 5.19. The molecule has 1 amide bonds. The van der Waals surface area contributed by atoms with E-state index in [0.29, 0.717) is 19.6 Å². The van der Waals surface area contributed by atoms with E-state index in [1.807, 2.05) is 24.3 Å². The molecule has 0 saturated heterocycles. The summed E-state index contributed by atoms with van der Waals surface area (Å²) >= 11 is 0. The molecule has 2 aromatic carbocycles. The van der Waals surface area contributed by atoms with Crippen molar-refractivity contribution in [1.29, 1.82) is 0 Å². The van der Waals surface area contributed by atoms with Gasteiger partial charge in [-0.15, -0.1) is 0 Å². The number of ether oxygens (including phenoxy) is 2. The van der Waals surface area contributed by atoms with Gasteiger partial charge in [0.25, 0.3) is 0 Å². The quantitative estimate of drug-likeness (QED) is 0.685. The van der Waals surface area contributed by atoms with Crippen LogP contribution in [0.2, 0.25) is 0 Å². The van der Waals surface area contributed by atoms with Gasteiger partial charge in [-0.1, -0.05) is 12.1 Å². The number of benzene rings is 2. The Bertz CT molecular complexity index is 1200. The molecule has 0 fully saturated rings. The predicted molar refractivity (Wildman–Crippen MR) is 114 cm³/mol. The zero-order chi connectivity index (χ0) is 21.5. The standard InChI is InChI=1S/C22H24N2O5S/c1-4-29-22(25)24-12-11-17-18-13-16(30(3,26)27)9-10-19(18)23-20(17)21(24)14-5-7-15(28-2)8-6-14/h5-10,13,21,23H,4,11-12H2,1-3H3. The van der Waals surface area contributed by atoms with Gasteiger partial charge in [-0.2, -0.15) is 0 Å². The molecule has 1 N–H and O–H groups in total. The number of carbonyl (C=O) groups is 1. The summed E-state index contributed by atoms with van der Waals surface area (Å²) in [6.45, 7) is 2.55. The van der Waals surface area contributed by atoms with Crippen molar-refractivity contribution in [2.75, 3.05) is 26.5 Å². The van der Waals surface area contributed by atoms with Crippen molar-refractivity contribution in [3.8, 4) is 5.75 Å². The zero-order valence-corrected chi connectivity index (χ0v) is 18.0. The SMILES string of the molecule is CCOC(=O)N1CCc2c([nH]c3ccc(S(C)(=O)=O)cc23)C1c1ccc(OC)cc1. The van der Waals surface area contributed by atoms with Crippen molar-refractivity contribution >= 4 is 26.8 Å². The molecule has 8 heteroatoms. The normalized spacial score (nSPS) is 16.4. The van der Waals surface area contributed by atoms with Gasteiger partial charge in [0.15, 0.2) is 9.84 Å². The van der Waals surface area contributed by atoms with Gasteiger partial charge >= 0.3 is 6.09 Å². The van der Waals surface area contributed by atoms with Crippen LogP contribution in [-0.4, -0.2) is 50.9 Å². The molecule has 1 atom stereocenters. The Morgan fingerprint density at radius 2 is 1.93 bits per heavy atom. The van der Waals surface area contributed by atoms with Crippen molar-refractivity contribution in [2.24, 2.45) is 0 Å². The number of amides is 1. The average molecular weight is 429 g/mol. The van der Waals surface area contributed by atoms with E-state index in [2.05, 4.69) is 4.98 Å². The first kappa shape index (κ1) is 20.3. The summed E-state index contributed by atoms with van der Waals surface area (Å²) in [7, 11) is -1.71. The number of aromatic nitrogens is 1. The number of fused-ring (bicyclic) bond motifs is 3. The molecule has 158 valence electrons. The van der Waals surface area contributed by atoms with Crippen molar-refractivity contribution in [1.82, 2.24) is 9.88 Å². The number of hydrogen-bond acceptors (Lipinski definition) is 5. The Balaban J connectivity index is 1.88. The lowest BCUT2D eigenvalue weighted by molar-refractivity contribution is 0.0932. The minimum Gasteiger partial charge on any atom is -0.497 e. The van der Waals surface area contributed by atoms with E-state index in [-0.39, 0.29) is 17.0 Å². The maximum absolute atomic E-state index is 12.7. The van der Waals surface area contributed by atoms with Gasteiger partial charge in [-0.05, 0) is 54.8 Å². The van der Waals surface area contributed by atoms with Crippen LogP contribution < -0.4 is 4.74 Å². The number of aromatic amines is 1. The first-order chi connectivity index (χ1) is 14.3. The molecule has 1 unspecified atom stereocenters. The number of methoxy groups -OCH3 is 1. The number of rotatable bonds is 4. The van der Waals surface area contributed by atoms with Crippen LogP contribution in [0.3, 0.4) is 0 Å². The van der Waals surface area contributed by atoms with E-state index in [4.69, 9.17) is 9.47 Å². The molecule has 1 aliphatic heterocycles. The van der Waals surface area contributed by atoms with Gasteiger partial charge in [0, 0.05) is 29.4 Å². The molecular weight excluding hydrogens is 404 g/mol. The van der Waals surface area contributed by atoms with E-state index < -0.39 is 9.84 Å². The van der Waals surface area contributed by atoms with Crippen molar-refractivity contribution in [3.63, 3.8) is 0 Å². The maximum atomic E-state index is 12.7. The molecule has 1 aromatic heterocycles. The third kappa shape index (κ3) is 3.52. The smallest absolute Gasteiger partial charge is 0.410 e. The molecular formula is C22H24N2O5S. The highest BCUT2D eigenvalue weighted by Crippen LogP contribution is 2.39. The first-order valence-corrected chi connectivity index (χ1v) is 11.6. The zero-order valence-electron chi connectivity index (χ0n) is 17.1. The lowest BCUT2D eigenvalue weighted by Gasteiger charge is -2.35. The number of sulfone groups is 1. The Hall–Kier alpha value is -3.00. The predicted octanol–water partition coefficient (Wildman–Crippen LogP) is 3.68. The molecule has 0 aliphatic carbocycles. The van der Waals surface area contributed by atoms with Gasteiger partial charge in [0.2, 0.25) is 0 Å². The molecule has 30 heavy (non-hydrogen) atoms. The first-order valence-electron chi connectivity index (χ1n) is 9.75. The van der Waals surface area contributed by atoms with Crippen LogP contribution in [0.1, 0.15) is 29.8 Å². The fourth-order valence-electron chi connectivity index (χ4n) is 4.03. The van der Waals surface area contributed by atoms with Gasteiger partial charge in [-0.25, -0.2) is 13.2 Å². The van der Waals surface area contributed by atoms with Gasteiger partial charge in [0.05, 0.1) is 18.6 Å². The third-order valence-corrected chi connectivity index (χ3v) is 6.57. The lowest BCUT2D eigenvalue weighted by Crippen LogP contribution is -2.40. The third-order valence-electron chi connectivity index (χ3n) is 5.46. The summed E-state index contributed by atoms with van der Waals surface area (Å²) in [5.41, 5.74) is 3.66. The Morgan fingerprint density at radius 1 is 1.20 bits per heavy atom. The summed E-state index contributed by atoms with van der Waals surface area (Å²) in [5, 5.41) is 0.870. The van der Waals surface area contributed by atoms with E-state index in [9.17, 15) is 13.2 Å². The molecule has 0 spiro atoms. The van der Waals surface area contributed by atoms with E-state index in [0.717, 1.165) is 33.5 Å². The second kappa shape index (κ2) is 7.68. The van der Waals surface area contributed by atoms with Crippen LogP contribution in [0.15, 0.2) is 47.4 Å². The minimum atomic E-state index is -3.32. The highest BCUT2D eigenvalue weighted by atomic mass is 32.2. The summed E-state index contributed by atoms with van der Waals surface area (Å²) in [6, 6.07) is 12.3. The number of hydrogen-bond donors (Lipinski definition) is 1. The number of H-pyrrole nitrogens is 1. The second-order valence-electron chi connectivity index (χ2n) is 7.31. The van der Waals surface area contributed by atoms with Crippen LogP contribution in [0.5, 0.6) is 5.75 Å². The molecule has 4 rings (SSSR count). The molecule has 0 bridgehead atoms. The van der Waals surface area contributed by atoms with E-state index in [1.54, 1.807) is 37.1 Å². The van der Waals surface area contributed by atoms with E-state index in [1.165, 1.54) is 6.26 Å². The maximum Gasteiger partial charge on any atom is 0.410 e. The highest BCUT2D eigenvalue weighted by molar-refractivity contribution is 7.90. The summed E-state index contributed by atoms with van der Waals surface area (Å²) in [5.74, 6) is 0.729. The van der Waals surface area contributed by atoms with E-state index >= 15 is 0 Å². The molecule has 1 aliphatic rings. The van der Waals surface area contributed by atoms with Crippen LogP contribution in [0, 0.1) is 0 Å². The summed E-state index contributed by atoms with van der Waals surface area (Å²) < 4.78 is 34.6. The van der Waals surface area contributed by atoms with Gasteiger partial charge in [-0.3, -0.25) is 4.90 Å². The van der Waals surface area contributed by atoms with Crippen molar-refractivity contribution < 1.29 is 22.7 Å². The van der Waals surface area contributed by atoms with Crippen molar-refractivity contribution in [2.45, 2.75) is 24.3 Å². The lowest BCUT2D eigenvalue weighted by atomic mass is 9.92. The Labute approximate surface area is 175 Å². The Morgan fingerprint density at radius 3 is 2.57 bits per heavy atom. The molecule has 7 nitrogen and oxygen atoms in total. The monoisotopic (exact) mass is 428 g/mol. The minimum absolute atomic E-state index is 0.283. The fraction of sp³-hybridized carbons (Fsp3) is 0.318. The van der Waals surface area contributed by atoms with Gasteiger partial charge in [0.1, 0.15) is 11.8 Å². The number of carbonyl (C=O) groups excluding carboxylic acids is 1.